The molecule has 1 amide bonds. The number of nitrogens with one attached hydrogen (secondary N) is 1. The number of nitrogens with zero attached hydrogens (tertiary/aromatic N) is 1. The second-order valence-electron chi connectivity index (χ2n) is 6.87. The van der Waals surface area contributed by atoms with E-state index in [-0.39, 0.29) is 5.56 Å². The van der Waals surface area contributed by atoms with Crippen molar-refractivity contribution >= 4 is 39.5 Å². The summed E-state index contributed by atoms with van der Waals surface area (Å²) in [6.45, 7) is 1.48. The molecule has 1 heterocycles. The Morgan fingerprint density at radius 2 is 1.77 bits per heavy atom. The van der Waals surface area contributed by atoms with E-state index >= 15 is 0 Å². The quantitative estimate of drug-likeness (QED) is 0.477. The molecule has 0 bridgehead atoms. The van der Waals surface area contributed by atoms with Crippen LogP contribution in [0.15, 0.2) is 65.1 Å². The van der Waals surface area contributed by atoms with Gasteiger partial charge in [-0.15, -0.1) is 0 Å². The van der Waals surface area contributed by atoms with Gasteiger partial charge in [0.1, 0.15) is 16.9 Å². The smallest absolute Gasteiger partial charge is 0.338 e. The number of methoxy groups -OCH3 is 1. The highest BCUT2D eigenvalue weighted by Crippen LogP contribution is 2.36. The Labute approximate surface area is 177 Å². The Bertz CT molecular complexity index is 1330. The molecular formula is C24H18N2O5. The Balaban J connectivity index is 1.53. The van der Waals surface area contributed by atoms with Crippen LogP contribution in [0.1, 0.15) is 22.8 Å². The lowest BCUT2D eigenvalue weighted by Gasteiger charge is -2.15. The fourth-order valence-corrected chi connectivity index (χ4v) is 3.22. The number of amides is 1. The van der Waals surface area contributed by atoms with Crippen LogP contribution in [0.5, 0.6) is 5.75 Å². The lowest BCUT2D eigenvalue weighted by Crippen LogP contribution is -2.30. The number of carbonyl (C=O) groups excluding carboxylic acids is 2. The number of anilines is 1. The Morgan fingerprint density at radius 1 is 1.03 bits per heavy atom. The van der Waals surface area contributed by atoms with Crippen LogP contribution in [0.3, 0.4) is 0 Å². The van der Waals surface area contributed by atoms with Crippen molar-refractivity contribution in [1.29, 1.82) is 5.26 Å². The summed E-state index contributed by atoms with van der Waals surface area (Å²) >= 11 is 0. The van der Waals surface area contributed by atoms with E-state index in [1.165, 1.54) is 38.3 Å². The van der Waals surface area contributed by atoms with Crippen LogP contribution in [0, 0.1) is 11.3 Å². The number of benzene rings is 3. The third kappa shape index (κ3) is 3.91. The van der Waals surface area contributed by atoms with Gasteiger partial charge in [-0.2, -0.15) is 5.26 Å². The summed E-state index contributed by atoms with van der Waals surface area (Å²) in [5.74, 6) is -0.722. The van der Waals surface area contributed by atoms with Gasteiger partial charge >= 0.3 is 5.97 Å². The first-order chi connectivity index (χ1) is 15.0. The molecule has 7 nitrogen and oxygen atoms in total. The van der Waals surface area contributed by atoms with Crippen molar-refractivity contribution in [3.8, 4) is 11.8 Å². The molecule has 1 atom stereocenters. The molecule has 7 heteroatoms. The van der Waals surface area contributed by atoms with Crippen molar-refractivity contribution in [2.45, 2.75) is 13.0 Å². The van der Waals surface area contributed by atoms with E-state index in [2.05, 4.69) is 5.32 Å². The van der Waals surface area contributed by atoms with Crippen molar-refractivity contribution in [1.82, 2.24) is 0 Å². The summed E-state index contributed by atoms with van der Waals surface area (Å²) in [7, 11) is 1.51. The molecule has 0 aliphatic rings. The van der Waals surface area contributed by atoms with Gasteiger partial charge in [0.15, 0.2) is 6.10 Å². The minimum absolute atomic E-state index is 0.250. The van der Waals surface area contributed by atoms with E-state index in [1.807, 2.05) is 30.3 Å². The van der Waals surface area contributed by atoms with Crippen LogP contribution in [0.4, 0.5) is 5.69 Å². The van der Waals surface area contributed by atoms with Crippen LogP contribution in [0.2, 0.25) is 0 Å². The number of carbonyl (C=O) groups is 2. The van der Waals surface area contributed by atoms with E-state index in [1.54, 1.807) is 12.1 Å². The Kier molecular flexibility index (Phi) is 5.29. The molecule has 0 fully saturated rings. The zero-order valence-electron chi connectivity index (χ0n) is 16.8. The van der Waals surface area contributed by atoms with E-state index in [0.717, 1.165) is 16.4 Å². The van der Waals surface area contributed by atoms with Crippen LogP contribution < -0.4 is 10.1 Å². The first kappa shape index (κ1) is 20.0. The molecule has 1 N–H and O–H groups in total. The van der Waals surface area contributed by atoms with Gasteiger partial charge in [0.05, 0.1) is 30.0 Å². The monoisotopic (exact) mass is 414 g/mol. The number of rotatable bonds is 5. The third-order valence-corrected chi connectivity index (χ3v) is 4.86. The minimum atomic E-state index is -1.06. The minimum Gasteiger partial charge on any atom is -0.495 e. The summed E-state index contributed by atoms with van der Waals surface area (Å²) < 4.78 is 16.5. The third-order valence-electron chi connectivity index (χ3n) is 4.86. The van der Waals surface area contributed by atoms with E-state index in [4.69, 9.17) is 19.2 Å². The van der Waals surface area contributed by atoms with Crippen molar-refractivity contribution in [2.24, 2.45) is 0 Å². The van der Waals surface area contributed by atoms with Crippen molar-refractivity contribution in [3.63, 3.8) is 0 Å². The highest BCUT2D eigenvalue weighted by Gasteiger charge is 2.21. The molecule has 4 rings (SSSR count). The Hall–Kier alpha value is -4.31. The lowest BCUT2D eigenvalue weighted by molar-refractivity contribution is -0.123. The average Bonchev–Trinajstić information content (AvgIpc) is 3.15. The average molecular weight is 414 g/mol. The van der Waals surface area contributed by atoms with Crippen LogP contribution in [0.25, 0.3) is 21.9 Å². The number of fused-ring (bicyclic) bond motifs is 3. The molecule has 0 unspecified atom stereocenters. The van der Waals surface area contributed by atoms with Gasteiger partial charge in [0, 0.05) is 16.8 Å². The standard InChI is InChI=1S/C24H18N2O5/c1-14(30-24(28)16-9-7-15(13-25)8-10-16)23(27)26-19-12-21-18(11-22(19)29-2)17-5-3-4-6-20(17)31-21/h3-12,14H,1-2H3,(H,26,27)/t14-/m0/s1. The van der Waals surface area contributed by atoms with Crippen molar-refractivity contribution in [3.05, 3.63) is 71.8 Å². The summed E-state index contributed by atoms with van der Waals surface area (Å²) in [6.07, 6.45) is -1.06. The number of para-hydroxylation sites is 1. The normalized spacial score (nSPS) is 11.6. The number of furan rings is 1. The summed E-state index contributed by atoms with van der Waals surface area (Å²) in [5.41, 5.74) is 2.41. The first-order valence-corrected chi connectivity index (χ1v) is 9.51. The molecule has 0 aliphatic heterocycles. The van der Waals surface area contributed by atoms with E-state index in [0.29, 0.717) is 22.6 Å². The molecule has 4 aromatic rings. The van der Waals surface area contributed by atoms with Gasteiger partial charge in [-0.25, -0.2) is 4.79 Å². The number of ether oxygens (including phenoxy) is 2. The van der Waals surface area contributed by atoms with E-state index < -0.39 is 18.0 Å². The second kappa shape index (κ2) is 8.20. The number of hydrogen-bond acceptors (Lipinski definition) is 6. The zero-order valence-corrected chi connectivity index (χ0v) is 16.8. The van der Waals surface area contributed by atoms with Crippen LogP contribution >= 0.6 is 0 Å². The SMILES string of the molecule is COc1cc2c(cc1NC(=O)[C@H](C)OC(=O)c1ccc(C#N)cc1)oc1ccccc12. The zero-order chi connectivity index (χ0) is 22.0. The molecule has 31 heavy (non-hydrogen) atoms. The largest absolute Gasteiger partial charge is 0.495 e. The highest BCUT2D eigenvalue weighted by molar-refractivity contribution is 6.08. The predicted octanol–water partition coefficient (Wildman–Crippen LogP) is 4.65. The fraction of sp³-hybridized carbons (Fsp3) is 0.125. The number of hydrogen-bond donors (Lipinski definition) is 1. The maximum atomic E-state index is 12.6. The molecule has 154 valence electrons. The van der Waals surface area contributed by atoms with Crippen molar-refractivity contribution < 1.29 is 23.5 Å². The molecule has 1 aromatic heterocycles. The van der Waals surface area contributed by atoms with Gasteiger partial charge in [-0.05, 0) is 43.3 Å². The number of nitriles is 1. The second-order valence-corrected chi connectivity index (χ2v) is 6.87. The molecular weight excluding hydrogens is 396 g/mol. The molecule has 0 radical (unpaired) electrons. The highest BCUT2D eigenvalue weighted by atomic mass is 16.5. The van der Waals surface area contributed by atoms with Gasteiger partial charge in [0.25, 0.3) is 5.91 Å². The van der Waals surface area contributed by atoms with Gasteiger partial charge in [0.2, 0.25) is 0 Å². The van der Waals surface area contributed by atoms with Crippen molar-refractivity contribution in [2.75, 3.05) is 12.4 Å². The predicted molar refractivity (Wildman–Crippen MR) is 115 cm³/mol. The van der Waals surface area contributed by atoms with Crippen LogP contribution in [-0.4, -0.2) is 25.1 Å². The topological polar surface area (TPSA) is 102 Å². The molecule has 0 saturated heterocycles. The lowest BCUT2D eigenvalue weighted by atomic mass is 10.1. The van der Waals surface area contributed by atoms with Crippen LogP contribution in [-0.2, 0) is 9.53 Å². The molecule has 0 spiro atoms. The maximum Gasteiger partial charge on any atom is 0.338 e. The molecule has 3 aromatic carbocycles. The summed E-state index contributed by atoms with van der Waals surface area (Å²) in [5, 5.41) is 13.4. The van der Waals surface area contributed by atoms with Gasteiger partial charge < -0.3 is 19.2 Å². The van der Waals surface area contributed by atoms with Gasteiger partial charge in [-0.3, -0.25) is 4.79 Å². The molecule has 0 aliphatic carbocycles. The molecule has 0 saturated carbocycles. The fourth-order valence-electron chi connectivity index (χ4n) is 3.22. The summed E-state index contributed by atoms with van der Waals surface area (Å²) in [6, 6.07) is 19.0. The van der Waals surface area contributed by atoms with E-state index in [9.17, 15) is 9.59 Å². The Morgan fingerprint density at radius 3 is 2.48 bits per heavy atom. The maximum absolute atomic E-state index is 12.6. The summed E-state index contributed by atoms with van der Waals surface area (Å²) in [4.78, 5) is 24.9. The first-order valence-electron chi connectivity index (χ1n) is 9.51. The van der Waals surface area contributed by atoms with Gasteiger partial charge in [-0.1, -0.05) is 18.2 Å². The number of esters is 1.